The lowest BCUT2D eigenvalue weighted by molar-refractivity contribution is -0.132. The number of carbonyl (C=O) groups excluding carboxylic acids is 2. The van der Waals surface area contributed by atoms with Crippen molar-refractivity contribution in [2.75, 3.05) is 52.4 Å². The SMILES string of the molecule is O=C(C=Cc1ccc(Cl)c(Cl)c1)N1CCC(=O)N(CC(O)CN2CCC(O)C(CO)C2)CC1. The molecule has 0 radical (unpaired) electrons. The van der Waals surface area contributed by atoms with Gasteiger partial charge in [-0.25, -0.2) is 0 Å². The van der Waals surface area contributed by atoms with Crippen LogP contribution in [-0.2, 0) is 9.59 Å². The molecule has 2 aliphatic heterocycles. The molecule has 2 fully saturated rings. The maximum absolute atomic E-state index is 12.6. The van der Waals surface area contributed by atoms with Gasteiger partial charge in [0.05, 0.1) is 22.3 Å². The molecule has 8 nitrogen and oxygen atoms in total. The summed E-state index contributed by atoms with van der Waals surface area (Å²) >= 11 is 11.9. The van der Waals surface area contributed by atoms with Crippen molar-refractivity contribution in [2.24, 2.45) is 5.92 Å². The fourth-order valence-corrected chi connectivity index (χ4v) is 4.53. The number of piperidine rings is 1. The Balaban J connectivity index is 1.50. The molecule has 2 aliphatic rings. The van der Waals surface area contributed by atoms with E-state index >= 15 is 0 Å². The number of likely N-dealkylation sites (tertiary alicyclic amines) is 1. The van der Waals surface area contributed by atoms with Crippen molar-refractivity contribution in [2.45, 2.75) is 25.0 Å². The number of halogens is 2. The highest BCUT2D eigenvalue weighted by Crippen LogP contribution is 2.23. The van der Waals surface area contributed by atoms with Crippen LogP contribution in [0.2, 0.25) is 10.0 Å². The van der Waals surface area contributed by atoms with Crippen LogP contribution < -0.4 is 0 Å². The zero-order valence-electron chi connectivity index (χ0n) is 18.4. The van der Waals surface area contributed by atoms with Crippen LogP contribution in [0.1, 0.15) is 18.4 Å². The number of nitrogens with zero attached hydrogens (tertiary/aromatic N) is 3. The Morgan fingerprint density at radius 3 is 2.67 bits per heavy atom. The second-order valence-electron chi connectivity index (χ2n) is 8.63. The zero-order chi connectivity index (χ0) is 24.0. The van der Waals surface area contributed by atoms with Crippen molar-refractivity contribution in [3.05, 3.63) is 39.9 Å². The third-order valence-electron chi connectivity index (χ3n) is 6.17. The highest BCUT2D eigenvalue weighted by Gasteiger charge is 2.29. The van der Waals surface area contributed by atoms with Gasteiger partial charge in [-0.15, -0.1) is 0 Å². The Bertz CT molecular complexity index is 868. The first-order valence-electron chi connectivity index (χ1n) is 11.2. The average molecular weight is 500 g/mol. The number of carbonyl (C=O) groups is 2. The normalized spacial score (nSPS) is 23.7. The number of aliphatic hydroxyl groups excluding tert-OH is 3. The molecule has 0 spiro atoms. The molecule has 0 bridgehead atoms. The first-order chi connectivity index (χ1) is 15.8. The van der Waals surface area contributed by atoms with Crippen LogP contribution in [0.15, 0.2) is 24.3 Å². The molecule has 2 heterocycles. The van der Waals surface area contributed by atoms with Crippen molar-refractivity contribution in [1.82, 2.24) is 14.7 Å². The van der Waals surface area contributed by atoms with E-state index in [4.69, 9.17) is 23.2 Å². The summed E-state index contributed by atoms with van der Waals surface area (Å²) in [6, 6.07) is 5.10. The third kappa shape index (κ3) is 7.40. The molecular formula is C23H31Cl2N3O5. The summed E-state index contributed by atoms with van der Waals surface area (Å²) in [7, 11) is 0. The Morgan fingerprint density at radius 1 is 1.15 bits per heavy atom. The molecular weight excluding hydrogens is 469 g/mol. The van der Waals surface area contributed by atoms with Gasteiger partial charge >= 0.3 is 0 Å². The summed E-state index contributed by atoms with van der Waals surface area (Å²) in [5.74, 6) is -0.513. The monoisotopic (exact) mass is 499 g/mol. The van der Waals surface area contributed by atoms with Gasteiger partial charge in [-0.3, -0.25) is 9.59 Å². The Labute approximate surface area is 204 Å². The Morgan fingerprint density at radius 2 is 1.94 bits per heavy atom. The van der Waals surface area contributed by atoms with Crippen LogP contribution >= 0.6 is 23.2 Å². The van der Waals surface area contributed by atoms with Gasteiger partial charge in [0.1, 0.15) is 0 Å². The van der Waals surface area contributed by atoms with Gasteiger partial charge in [-0.1, -0.05) is 29.3 Å². The Kier molecular flexibility index (Phi) is 9.55. The van der Waals surface area contributed by atoms with E-state index in [0.717, 1.165) is 5.56 Å². The average Bonchev–Trinajstić information content (AvgIpc) is 2.97. The van der Waals surface area contributed by atoms with Crippen molar-refractivity contribution < 1.29 is 24.9 Å². The first-order valence-corrected chi connectivity index (χ1v) is 11.9. The molecule has 0 aliphatic carbocycles. The molecule has 2 amide bonds. The standard InChI is InChI=1S/C23H31Cl2N3O5/c24-19-3-1-16(11-20(19)25)2-4-22(32)27-8-6-23(33)28(10-9-27)14-18(30)13-26-7-5-21(31)17(12-26)15-29/h1-4,11,17-18,21,29-31H,5-10,12-15H2. The number of aliphatic hydroxyl groups is 3. The number of hydrogen-bond acceptors (Lipinski definition) is 6. The van der Waals surface area contributed by atoms with E-state index in [0.29, 0.717) is 55.7 Å². The van der Waals surface area contributed by atoms with Gasteiger partial charge in [0.25, 0.3) is 0 Å². The summed E-state index contributed by atoms with van der Waals surface area (Å²) in [5, 5.41) is 30.7. The molecule has 182 valence electrons. The highest BCUT2D eigenvalue weighted by molar-refractivity contribution is 6.42. The lowest BCUT2D eigenvalue weighted by atomic mass is 9.95. The number of benzene rings is 1. The van der Waals surface area contributed by atoms with Crippen LogP contribution in [-0.4, -0.2) is 106 Å². The number of amides is 2. The minimum atomic E-state index is -0.750. The summed E-state index contributed by atoms with van der Waals surface area (Å²) in [6.45, 7) is 2.64. The molecule has 3 atom stereocenters. The maximum atomic E-state index is 12.6. The highest BCUT2D eigenvalue weighted by atomic mass is 35.5. The van der Waals surface area contributed by atoms with Gasteiger partial charge in [0, 0.05) is 70.8 Å². The lowest BCUT2D eigenvalue weighted by Crippen LogP contribution is -2.49. The van der Waals surface area contributed by atoms with Crippen molar-refractivity contribution in [3.63, 3.8) is 0 Å². The molecule has 0 aromatic heterocycles. The largest absolute Gasteiger partial charge is 0.396 e. The van der Waals surface area contributed by atoms with E-state index < -0.39 is 12.2 Å². The molecule has 10 heteroatoms. The molecule has 3 unspecified atom stereocenters. The van der Waals surface area contributed by atoms with Crippen molar-refractivity contribution >= 4 is 41.1 Å². The predicted octanol–water partition coefficient (Wildman–Crippen LogP) is 1.10. The molecule has 0 saturated carbocycles. The maximum Gasteiger partial charge on any atom is 0.246 e. The van der Waals surface area contributed by atoms with Crippen LogP contribution in [0.3, 0.4) is 0 Å². The fraction of sp³-hybridized carbons (Fsp3) is 0.565. The fourth-order valence-electron chi connectivity index (χ4n) is 4.22. The molecule has 33 heavy (non-hydrogen) atoms. The van der Waals surface area contributed by atoms with Crippen LogP contribution in [0.25, 0.3) is 6.08 Å². The zero-order valence-corrected chi connectivity index (χ0v) is 20.0. The summed E-state index contributed by atoms with van der Waals surface area (Å²) < 4.78 is 0. The summed E-state index contributed by atoms with van der Waals surface area (Å²) in [6.07, 6.45) is 2.59. The predicted molar refractivity (Wildman–Crippen MR) is 127 cm³/mol. The smallest absolute Gasteiger partial charge is 0.246 e. The third-order valence-corrected chi connectivity index (χ3v) is 6.91. The van der Waals surface area contributed by atoms with Gasteiger partial charge < -0.3 is 30.0 Å². The topological polar surface area (TPSA) is 105 Å². The number of β-amino-alcohol motifs (C(OH)–C–C–N with tert-alkyl or cyclic N) is 1. The van der Waals surface area contributed by atoms with E-state index in [1.807, 2.05) is 4.90 Å². The molecule has 3 N–H and O–H groups in total. The van der Waals surface area contributed by atoms with E-state index in [1.165, 1.54) is 6.08 Å². The van der Waals surface area contributed by atoms with Gasteiger partial charge in [-0.2, -0.15) is 0 Å². The molecule has 3 rings (SSSR count). The number of rotatable bonds is 7. The minimum Gasteiger partial charge on any atom is -0.396 e. The lowest BCUT2D eigenvalue weighted by Gasteiger charge is -2.36. The van der Waals surface area contributed by atoms with E-state index in [1.54, 1.807) is 34.1 Å². The van der Waals surface area contributed by atoms with Crippen molar-refractivity contribution in [3.8, 4) is 0 Å². The van der Waals surface area contributed by atoms with Gasteiger partial charge in [0.15, 0.2) is 0 Å². The number of hydrogen-bond donors (Lipinski definition) is 3. The van der Waals surface area contributed by atoms with Crippen LogP contribution in [0.4, 0.5) is 0 Å². The quantitative estimate of drug-likeness (QED) is 0.485. The Hall–Kier alpha value is -1.68. The van der Waals surface area contributed by atoms with Gasteiger partial charge in [0.2, 0.25) is 11.8 Å². The summed E-state index contributed by atoms with van der Waals surface area (Å²) in [5.41, 5.74) is 0.752. The van der Waals surface area contributed by atoms with E-state index in [2.05, 4.69) is 0 Å². The molecule has 1 aromatic rings. The second kappa shape index (κ2) is 12.1. The van der Waals surface area contributed by atoms with Crippen LogP contribution in [0.5, 0.6) is 0 Å². The van der Waals surface area contributed by atoms with E-state index in [9.17, 15) is 24.9 Å². The minimum absolute atomic E-state index is 0.0955. The van der Waals surface area contributed by atoms with Crippen molar-refractivity contribution in [1.29, 1.82) is 0 Å². The van der Waals surface area contributed by atoms with Gasteiger partial charge in [-0.05, 0) is 30.2 Å². The molecule has 2 saturated heterocycles. The molecule has 1 aromatic carbocycles. The van der Waals surface area contributed by atoms with Crippen LogP contribution in [0, 0.1) is 5.92 Å². The van der Waals surface area contributed by atoms with E-state index in [-0.39, 0.29) is 37.3 Å². The second-order valence-corrected chi connectivity index (χ2v) is 9.45. The first kappa shape index (κ1) is 25.9. The summed E-state index contributed by atoms with van der Waals surface area (Å²) in [4.78, 5) is 30.4.